The second kappa shape index (κ2) is 11.9. The maximum atomic E-state index is 13.0. The van der Waals surface area contributed by atoms with Gasteiger partial charge in [0.05, 0.1) is 12.2 Å². The minimum absolute atomic E-state index is 0.0530. The Bertz CT molecular complexity index is 1010. The summed E-state index contributed by atoms with van der Waals surface area (Å²) in [7, 11) is 0. The van der Waals surface area contributed by atoms with Crippen molar-refractivity contribution < 1.29 is 28.7 Å². The highest BCUT2D eigenvalue weighted by Crippen LogP contribution is 2.19. The molecule has 1 aliphatic rings. The molecule has 3 rings (SSSR count). The van der Waals surface area contributed by atoms with E-state index in [2.05, 4.69) is 15.8 Å². The van der Waals surface area contributed by atoms with Crippen LogP contribution >= 0.6 is 11.6 Å². The number of carbonyl (C=O) groups excluding carboxylic acids is 3. The molecule has 1 aliphatic heterocycles. The van der Waals surface area contributed by atoms with Crippen LogP contribution in [0.1, 0.15) is 35.7 Å². The van der Waals surface area contributed by atoms with Gasteiger partial charge in [0.25, 0.3) is 0 Å². The van der Waals surface area contributed by atoms with Crippen LogP contribution in [0.3, 0.4) is 0 Å². The van der Waals surface area contributed by atoms with Gasteiger partial charge in [-0.1, -0.05) is 53.2 Å². The maximum Gasteiger partial charge on any atom is 0.408 e. The van der Waals surface area contributed by atoms with E-state index in [-0.39, 0.29) is 24.8 Å². The molecule has 0 fully saturated rings. The van der Waals surface area contributed by atoms with E-state index in [1.807, 2.05) is 30.3 Å². The third kappa shape index (κ3) is 7.50. The molecule has 0 aliphatic carbocycles. The molecule has 33 heavy (non-hydrogen) atoms. The van der Waals surface area contributed by atoms with Gasteiger partial charge in [-0.25, -0.2) is 9.59 Å². The molecule has 2 aromatic rings. The summed E-state index contributed by atoms with van der Waals surface area (Å²) in [6.07, 6.45) is -0.800. The first-order valence-corrected chi connectivity index (χ1v) is 10.8. The van der Waals surface area contributed by atoms with Crippen LogP contribution in [-0.2, 0) is 25.7 Å². The summed E-state index contributed by atoms with van der Waals surface area (Å²) >= 11 is 5.86. The van der Waals surface area contributed by atoms with E-state index >= 15 is 0 Å². The Labute approximate surface area is 196 Å². The van der Waals surface area contributed by atoms with E-state index in [1.54, 1.807) is 25.1 Å². The molecular formula is C23H24ClN3O6. The molecule has 1 heterocycles. The Hall–Kier alpha value is -3.59. The van der Waals surface area contributed by atoms with E-state index in [0.717, 1.165) is 5.56 Å². The van der Waals surface area contributed by atoms with Gasteiger partial charge in [-0.2, -0.15) is 0 Å². The molecule has 0 radical (unpaired) electrons. The van der Waals surface area contributed by atoms with Crippen molar-refractivity contribution in [3.05, 3.63) is 65.7 Å². The number of hydrogen-bond donors (Lipinski definition) is 2. The number of nitrogens with one attached hydrogen (secondary N) is 2. The number of oxime groups is 1. The van der Waals surface area contributed by atoms with Crippen LogP contribution < -0.4 is 10.6 Å². The molecule has 9 nitrogen and oxygen atoms in total. The van der Waals surface area contributed by atoms with Gasteiger partial charge in [-0.05, 0) is 30.7 Å². The van der Waals surface area contributed by atoms with E-state index in [1.165, 1.54) is 6.07 Å². The monoisotopic (exact) mass is 473 g/mol. The van der Waals surface area contributed by atoms with Gasteiger partial charge in [0.15, 0.2) is 0 Å². The van der Waals surface area contributed by atoms with Crippen molar-refractivity contribution >= 4 is 40.4 Å². The molecule has 0 aromatic heterocycles. The van der Waals surface area contributed by atoms with Gasteiger partial charge >= 0.3 is 12.1 Å². The summed E-state index contributed by atoms with van der Waals surface area (Å²) in [6.45, 7) is 1.99. The van der Waals surface area contributed by atoms with Crippen LogP contribution in [-0.4, -0.2) is 41.9 Å². The van der Waals surface area contributed by atoms with Crippen LogP contribution in [0.5, 0.6) is 0 Å². The lowest BCUT2D eigenvalue weighted by Gasteiger charge is -2.20. The van der Waals surface area contributed by atoms with Crippen LogP contribution in [0.15, 0.2) is 59.8 Å². The summed E-state index contributed by atoms with van der Waals surface area (Å²) in [5, 5.41) is 9.23. The molecule has 0 saturated heterocycles. The third-order valence-corrected chi connectivity index (χ3v) is 4.88. The van der Waals surface area contributed by atoms with Crippen molar-refractivity contribution in [3.8, 4) is 0 Å². The minimum Gasteiger partial charge on any atom is -0.462 e. The Balaban J connectivity index is 1.65. The van der Waals surface area contributed by atoms with Gasteiger partial charge in [-0.3, -0.25) is 4.79 Å². The molecule has 10 heteroatoms. The van der Waals surface area contributed by atoms with Crippen LogP contribution in [0.2, 0.25) is 0 Å². The van der Waals surface area contributed by atoms with Crippen molar-refractivity contribution in [2.45, 2.75) is 38.5 Å². The van der Waals surface area contributed by atoms with E-state index in [9.17, 15) is 14.4 Å². The highest BCUT2D eigenvalue weighted by Gasteiger charge is 2.30. The van der Waals surface area contributed by atoms with Gasteiger partial charge < -0.3 is 24.9 Å². The van der Waals surface area contributed by atoms with Crippen molar-refractivity contribution in [3.63, 3.8) is 0 Å². The zero-order chi connectivity index (χ0) is 23.6. The molecule has 0 spiro atoms. The number of benzene rings is 2. The number of alkyl carbamates (subject to hydrolysis) is 1. The lowest BCUT2D eigenvalue weighted by molar-refractivity contribution is -0.119. The third-order valence-electron chi connectivity index (χ3n) is 4.66. The topological polar surface area (TPSA) is 115 Å². The molecular weight excluding hydrogens is 450 g/mol. The van der Waals surface area contributed by atoms with Gasteiger partial charge in [0, 0.05) is 18.5 Å². The number of esters is 1. The standard InChI is InChI=1S/C23H24ClN3O6/c1-2-31-22(29)16-9-6-10-17(11-16)25-21(28)19(12-18-13-20(24)27-33-18)26-23(30)32-14-15-7-4-3-5-8-15/h3-11,18-19H,2,12-14H2,1H3,(H,25,28)(H,26,30). The number of anilines is 1. The normalized spacial score (nSPS) is 15.6. The lowest BCUT2D eigenvalue weighted by atomic mass is 10.1. The van der Waals surface area contributed by atoms with Crippen molar-refractivity contribution in [2.75, 3.05) is 11.9 Å². The predicted molar refractivity (Wildman–Crippen MR) is 122 cm³/mol. The average molecular weight is 474 g/mol. The number of nitrogens with zero attached hydrogens (tertiary/aromatic N) is 1. The summed E-state index contributed by atoms with van der Waals surface area (Å²) in [5.74, 6) is -1.02. The van der Waals surface area contributed by atoms with E-state index < -0.39 is 30.1 Å². The largest absolute Gasteiger partial charge is 0.462 e. The molecule has 0 saturated carbocycles. The number of halogens is 1. The number of carbonyl (C=O) groups is 3. The fraction of sp³-hybridized carbons (Fsp3) is 0.304. The number of hydrogen-bond acceptors (Lipinski definition) is 7. The van der Waals surface area contributed by atoms with E-state index in [0.29, 0.717) is 17.7 Å². The first-order valence-electron chi connectivity index (χ1n) is 10.4. The smallest absolute Gasteiger partial charge is 0.408 e. The highest BCUT2D eigenvalue weighted by atomic mass is 35.5. The Kier molecular flexibility index (Phi) is 8.65. The van der Waals surface area contributed by atoms with Crippen molar-refractivity contribution in [2.24, 2.45) is 5.16 Å². The fourth-order valence-electron chi connectivity index (χ4n) is 3.09. The number of amides is 2. The molecule has 0 bridgehead atoms. The SMILES string of the molecule is CCOC(=O)c1cccc(NC(=O)C(CC2CC(Cl)=NO2)NC(=O)OCc2ccccc2)c1. The summed E-state index contributed by atoms with van der Waals surface area (Å²) in [4.78, 5) is 42.5. The first-order chi connectivity index (χ1) is 15.9. The zero-order valence-electron chi connectivity index (χ0n) is 18.0. The first kappa shape index (κ1) is 24.1. The minimum atomic E-state index is -0.998. The molecule has 2 atom stereocenters. The molecule has 2 unspecified atom stereocenters. The number of ether oxygens (including phenoxy) is 2. The quantitative estimate of drug-likeness (QED) is 0.535. The molecule has 2 amide bonds. The van der Waals surface area contributed by atoms with Crippen LogP contribution in [0.25, 0.3) is 0 Å². The summed E-state index contributed by atoms with van der Waals surface area (Å²) in [5.41, 5.74) is 1.47. The van der Waals surface area contributed by atoms with Gasteiger partial charge in [0.2, 0.25) is 5.91 Å². The highest BCUT2D eigenvalue weighted by molar-refractivity contribution is 6.65. The van der Waals surface area contributed by atoms with E-state index in [4.69, 9.17) is 25.9 Å². The zero-order valence-corrected chi connectivity index (χ0v) is 18.7. The molecule has 2 N–H and O–H groups in total. The van der Waals surface area contributed by atoms with Gasteiger partial charge in [0.1, 0.15) is 23.9 Å². The summed E-state index contributed by atoms with van der Waals surface area (Å²) in [6, 6.07) is 14.5. The van der Waals surface area contributed by atoms with Crippen LogP contribution in [0, 0.1) is 0 Å². The molecule has 174 valence electrons. The lowest BCUT2D eigenvalue weighted by Crippen LogP contribution is -2.46. The second-order valence-electron chi connectivity index (χ2n) is 7.18. The number of rotatable bonds is 9. The second-order valence-corrected chi connectivity index (χ2v) is 7.62. The Morgan fingerprint density at radius 2 is 1.94 bits per heavy atom. The Morgan fingerprint density at radius 1 is 1.15 bits per heavy atom. The maximum absolute atomic E-state index is 13.0. The Morgan fingerprint density at radius 3 is 2.64 bits per heavy atom. The van der Waals surface area contributed by atoms with Crippen molar-refractivity contribution in [1.29, 1.82) is 0 Å². The van der Waals surface area contributed by atoms with Crippen LogP contribution in [0.4, 0.5) is 10.5 Å². The fourth-order valence-corrected chi connectivity index (χ4v) is 3.30. The van der Waals surface area contributed by atoms with Crippen molar-refractivity contribution in [1.82, 2.24) is 5.32 Å². The summed E-state index contributed by atoms with van der Waals surface area (Å²) < 4.78 is 10.2. The van der Waals surface area contributed by atoms with Gasteiger partial charge in [-0.15, -0.1) is 0 Å². The average Bonchev–Trinajstić information content (AvgIpc) is 3.23. The molecule has 2 aromatic carbocycles. The predicted octanol–water partition coefficient (Wildman–Crippen LogP) is 3.83.